The Bertz CT molecular complexity index is 379. The summed E-state index contributed by atoms with van der Waals surface area (Å²) in [6, 6.07) is -0.384. The van der Waals surface area contributed by atoms with Gasteiger partial charge in [0, 0.05) is 13.6 Å². The predicted molar refractivity (Wildman–Crippen MR) is 73.1 cm³/mol. The first kappa shape index (κ1) is 15.3. The molecule has 2 unspecified atom stereocenters. The van der Waals surface area contributed by atoms with E-state index in [1.54, 1.807) is 11.9 Å². The lowest BCUT2D eigenvalue weighted by atomic mass is 9.72. The fourth-order valence-electron chi connectivity index (χ4n) is 3.42. The third kappa shape index (κ3) is 2.67. The molecule has 0 bridgehead atoms. The molecule has 2 atom stereocenters. The standard InChI is InChI=1S/C14H24N2O4/c1-16(11-8-20-7-10(11)12(17)18)13(19)14(9-15)5-3-2-4-6-14/h10-11H,2-9,15H2,1H3,(H,17,18). The molecule has 2 rings (SSSR count). The van der Waals surface area contributed by atoms with Crippen LogP contribution in [0.1, 0.15) is 32.1 Å². The second-order valence-corrected chi connectivity index (χ2v) is 6.01. The first-order valence-electron chi connectivity index (χ1n) is 7.30. The smallest absolute Gasteiger partial charge is 0.311 e. The SMILES string of the molecule is CN(C(=O)C1(CN)CCCCC1)C1COCC1C(=O)O. The summed E-state index contributed by atoms with van der Waals surface area (Å²) in [6.45, 7) is 0.800. The Kier molecular flexibility index (Phi) is 4.65. The van der Waals surface area contributed by atoms with Crippen LogP contribution in [0.2, 0.25) is 0 Å². The zero-order valence-corrected chi connectivity index (χ0v) is 12.0. The van der Waals surface area contributed by atoms with Crippen molar-refractivity contribution < 1.29 is 19.4 Å². The van der Waals surface area contributed by atoms with Gasteiger partial charge in [-0.1, -0.05) is 19.3 Å². The monoisotopic (exact) mass is 284 g/mol. The largest absolute Gasteiger partial charge is 0.481 e. The Labute approximate surface area is 119 Å². The van der Waals surface area contributed by atoms with Crippen molar-refractivity contribution in [1.29, 1.82) is 0 Å². The van der Waals surface area contributed by atoms with Gasteiger partial charge in [-0.25, -0.2) is 0 Å². The Hall–Kier alpha value is -1.14. The normalized spacial score (nSPS) is 29.1. The maximum Gasteiger partial charge on any atom is 0.311 e. The van der Waals surface area contributed by atoms with Crippen LogP contribution in [0.15, 0.2) is 0 Å². The van der Waals surface area contributed by atoms with Gasteiger partial charge >= 0.3 is 5.97 Å². The highest BCUT2D eigenvalue weighted by molar-refractivity contribution is 5.84. The van der Waals surface area contributed by atoms with Crippen LogP contribution >= 0.6 is 0 Å². The summed E-state index contributed by atoms with van der Waals surface area (Å²) in [6.07, 6.45) is 4.78. The lowest BCUT2D eigenvalue weighted by Gasteiger charge is -2.40. The number of amides is 1. The molecule has 1 saturated carbocycles. The molecule has 2 aliphatic rings. The van der Waals surface area contributed by atoms with Crippen molar-refractivity contribution in [1.82, 2.24) is 4.90 Å². The van der Waals surface area contributed by atoms with Crippen LogP contribution in [0.4, 0.5) is 0 Å². The van der Waals surface area contributed by atoms with E-state index in [-0.39, 0.29) is 18.6 Å². The van der Waals surface area contributed by atoms with Gasteiger partial charge in [-0.2, -0.15) is 0 Å². The zero-order valence-electron chi connectivity index (χ0n) is 12.0. The number of carboxylic acid groups (broad SMARTS) is 1. The molecule has 114 valence electrons. The molecule has 6 heteroatoms. The molecule has 0 aromatic carbocycles. The molecule has 0 aromatic heterocycles. The average Bonchev–Trinajstić information content (AvgIpc) is 2.96. The minimum Gasteiger partial charge on any atom is -0.481 e. The van der Waals surface area contributed by atoms with Crippen LogP contribution in [0.25, 0.3) is 0 Å². The van der Waals surface area contributed by atoms with Gasteiger partial charge < -0.3 is 20.5 Å². The number of hydrogen-bond donors (Lipinski definition) is 2. The quantitative estimate of drug-likeness (QED) is 0.782. The van der Waals surface area contributed by atoms with Crippen molar-refractivity contribution in [3.8, 4) is 0 Å². The Morgan fingerprint density at radius 2 is 1.95 bits per heavy atom. The number of carboxylic acids is 1. The van der Waals surface area contributed by atoms with E-state index in [4.69, 9.17) is 10.5 Å². The lowest BCUT2D eigenvalue weighted by Crippen LogP contribution is -2.53. The Morgan fingerprint density at radius 1 is 1.30 bits per heavy atom. The van der Waals surface area contributed by atoms with Gasteiger partial charge in [0.25, 0.3) is 0 Å². The molecule has 2 fully saturated rings. The zero-order chi connectivity index (χ0) is 14.8. The molecular formula is C14H24N2O4. The number of nitrogens with zero attached hydrogens (tertiary/aromatic N) is 1. The topological polar surface area (TPSA) is 92.9 Å². The molecule has 0 spiro atoms. The third-order valence-corrected chi connectivity index (χ3v) is 4.84. The molecule has 1 heterocycles. The van der Waals surface area contributed by atoms with Crippen LogP contribution in [-0.2, 0) is 14.3 Å². The van der Waals surface area contributed by atoms with Crippen molar-refractivity contribution in [3.05, 3.63) is 0 Å². The molecule has 1 aliphatic heterocycles. The predicted octanol–water partition coefficient (Wildman–Crippen LogP) is 0.454. The third-order valence-electron chi connectivity index (χ3n) is 4.84. The molecule has 0 aromatic rings. The Balaban J connectivity index is 2.12. The number of hydrogen-bond acceptors (Lipinski definition) is 4. The fraction of sp³-hybridized carbons (Fsp3) is 0.857. The summed E-state index contributed by atoms with van der Waals surface area (Å²) in [4.78, 5) is 25.6. The van der Waals surface area contributed by atoms with Crippen LogP contribution in [0.3, 0.4) is 0 Å². The molecule has 0 radical (unpaired) electrons. The average molecular weight is 284 g/mol. The van der Waals surface area contributed by atoms with Crippen molar-refractivity contribution in [2.75, 3.05) is 26.8 Å². The van der Waals surface area contributed by atoms with Gasteiger partial charge in [0.2, 0.25) is 5.91 Å². The lowest BCUT2D eigenvalue weighted by molar-refractivity contribution is -0.149. The van der Waals surface area contributed by atoms with E-state index in [0.717, 1.165) is 32.1 Å². The number of aliphatic carboxylic acids is 1. The highest BCUT2D eigenvalue weighted by Gasteiger charge is 2.45. The summed E-state index contributed by atoms with van der Waals surface area (Å²) < 4.78 is 5.25. The molecule has 3 N–H and O–H groups in total. The van der Waals surface area contributed by atoms with Gasteiger partial charge in [-0.05, 0) is 12.8 Å². The van der Waals surface area contributed by atoms with E-state index in [1.165, 1.54) is 0 Å². The van der Waals surface area contributed by atoms with E-state index in [2.05, 4.69) is 0 Å². The van der Waals surface area contributed by atoms with Gasteiger partial charge in [0.05, 0.1) is 24.7 Å². The maximum atomic E-state index is 12.8. The van der Waals surface area contributed by atoms with Gasteiger partial charge in [0.15, 0.2) is 0 Å². The highest BCUT2D eigenvalue weighted by Crippen LogP contribution is 2.38. The molecule has 1 aliphatic carbocycles. The number of carbonyl (C=O) groups excluding carboxylic acids is 1. The van der Waals surface area contributed by atoms with Crippen LogP contribution < -0.4 is 5.73 Å². The molecular weight excluding hydrogens is 260 g/mol. The van der Waals surface area contributed by atoms with E-state index < -0.39 is 17.3 Å². The summed E-state index contributed by atoms with van der Waals surface area (Å²) in [5, 5.41) is 9.20. The van der Waals surface area contributed by atoms with E-state index in [1.807, 2.05) is 0 Å². The van der Waals surface area contributed by atoms with E-state index >= 15 is 0 Å². The van der Waals surface area contributed by atoms with Crippen molar-refractivity contribution in [3.63, 3.8) is 0 Å². The van der Waals surface area contributed by atoms with E-state index in [9.17, 15) is 14.7 Å². The molecule has 6 nitrogen and oxygen atoms in total. The maximum absolute atomic E-state index is 12.8. The second kappa shape index (κ2) is 6.10. The summed E-state index contributed by atoms with van der Waals surface area (Å²) in [5.74, 6) is -1.55. The highest BCUT2D eigenvalue weighted by atomic mass is 16.5. The van der Waals surface area contributed by atoms with E-state index in [0.29, 0.717) is 13.2 Å². The Morgan fingerprint density at radius 3 is 2.50 bits per heavy atom. The van der Waals surface area contributed by atoms with Crippen molar-refractivity contribution in [2.45, 2.75) is 38.1 Å². The summed E-state index contributed by atoms with van der Waals surface area (Å²) in [7, 11) is 1.68. The fourth-order valence-corrected chi connectivity index (χ4v) is 3.42. The molecule has 1 saturated heterocycles. The summed E-state index contributed by atoms with van der Waals surface area (Å²) >= 11 is 0. The van der Waals surface area contributed by atoms with Crippen molar-refractivity contribution in [2.24, 2.45) is 17.1 Å². The van der Waals surface area contributed by atoms with Gasteiger partial charge in [0.1, 0.15) is 5.92 Å². The van der Waals surface area contributed by atoms with Gasteiger partial charge in [-0.3, -0.25) is 9.59 Å². The second-order valence-electron chi connectivity index (χ2n) is 6.01. The molecule has 20 heavy (non-hydrogen) atoms. The minimum absolute atomic E-state index is 0.0125. The van der Waals surface area contributed by atoms with Crippen LogP contribution in [0, 0.1) is 11.3 Å². The summed E-state index contributed by atoms with van der Waals surface area (Å²) in [5.41, 5.74) is 5.37. The first-order chi connectivity index (χ1) is 9.52. The number of carbonyl (C=O) groups is 2. The number of ether oxygens (including phenoxy) is 1. The van der Waals surface area contributed by atoms with Crippen molar-refractivity contribution >= 4 is 11.9 Å². The molecule has 1 amide bonds. The van der Waals surface area contributed by atoms with Crippen LogP contribution in [0.5, 0.6) is 0 Å². The number of likely N-dealkylation sites (N-methyl/N-ethyl adjacent to an activating group) is 1. The minimum atomic E-state index is -0.905. The first-order valence-corrected chi connectivity index (χ1v) is 7.30. The van der Waals surface area contributed by atoms with Gasteiger partial charge in [-0.15, -0.1) is 0 Å². The number of rotatable bonds is 4. The number of nitrogens with two attached hydrogens (primary N) is 1. The van der Waals surface area contributed by atoms with Crippen LogP contribution in [-0.4, -0.2) is 54.7 Å².